The zero-order valence-corrected chi connectivity index (χ0v) is 21.0. The summed E-state index contributed by atoms with van der Waals surface area (Å²) in [5, 5.41) is 12.2. The molecular weight excluding hydrogens is 525 g/mol. The number of aryl methyl sites for hydroxylation is 1. The third-order valence-electron chi connectivity index (χ3n) is 5.82. The molecule has 0 saturated heterocycles. The Morgan fingerprint density at radius 2 is 1.87 bits per heavy atom. The number of hydrogen-bond donors (Lipinski definition) is 2. The zero-order chi connectivity index (χ0) is 27.6. The molecule has 0 aliphatic heterocycles. The number of aromatic nitrogens is 3. The van der Waals surface area contributed by atoms with Crippen LogP contribution in [0.3, 0.4) is 0 Å². The van der Waals surface area contributed by atoms with Crippen molar-refractivity contribution in [3.63, 3.8) is 0 Å². The summed E-state index contributed by atoms with van der Waals surface area (Å²) in [7, 11) is 1.49. The largest absolute Gasteiger partial charge is 0.494 e. The molecule has 0 saturated carbocycles. The molecule has 1 unspecified atom stereocenters. The molecule has 1 atom stereocenters. The number of nitrogens with one attached hydrogen (secondary N) is 1. The average Bonchev–Trinajstić information content (AvgIpc) is 3.30. The Kier molecular flexibility index (Phi) is 7.77. The number of carboxylic acid groups (broad SMARTS) is 1. The summed E-state index contributed by atoms with van der Waals surface area (Å²) < 4.78 is 49.9. The van der Waals surface area contributed by atoms with Gasteiger partial charge in [-0.1, -0.05) is 11.6 Å². The van der Waals surface area contributed by atoms with Crippen molar-refractivity contribution >= 4 is 28.9 Å². The van der Waals surface area contributed by atoms with Gasteiger partial charge in [0.25, 0.3) is 5.56 Å². The third-order valence-corrected chi connectivity index (χ3v) is 6.02. The summed E-state index contributed by atoms with van der Waals surface area (Å²) in [6, 6.07) is 6.78. The van der Waals surface area contributed by atoms with Gasteiger partial charge >= 0.3 is 5.97 Å². The first-order valence-corrected chi connectivity index (χ1v) is 11.7. The van der Waals surface area contributed by atoms with Crippen LogP contribution < -0.4 is 15.6 Å². The lowest BCUT2D eigenvalue weighted by atomic mass is 10.0. The molecule has 4 rings (SSSR count). The van der Waals surface area contributed by atoms with E-state index in [1.165, 1.54) is 19.4 Å². The second kappa shape index (κ2) is 11.0. The number of imidazole rings is 1. The Morgan fingerprint density at radius 3 is 2.47 bits per heavy atom. The minimum Gasteiger partial charge on any atom is -0.494 e. The summed E-state index contributed by atoms with van der Waals surface area (Å²) in [6.45, 7) is 1.85. The van der Waals surface area contributed by atoms with Crippen molar-refractivity contribution in [2.75, 3.05) is 12.4 Å². The van der Waals surface area contributed by atoms with Crippen molar-refractivity contribution in [1.82, 2.24) is 14.1 Å². The first kappa shape index (κ1) is 26.8. The van der Waals surface area contributed by atoms with Crippen LogP contribution >= 0.6 is 11.6 Å². The average molecular weight is 547 g/mol. The van der Waals surface area contributed by atoms with Gasteiger partial charge in [-0.3, -0.25) is 9.59 Å². The number of carboxylic acids is 1. The molecule has 0 bridgehead atoms. The van der Waals surface area contributed by atoms with E-state index < -0.39 is 41.4 Å². The maximum atomic E-state index is 14.0. The molecule has 8 nitrogen and oxygen atoms in total. The Labute approximate surface area is 219 Å². The fourth-order valence-corrected chi connectivity index (χ4v) is 4.27. The number of benzene rings is 2. The van der Waals surface area contributed by atoms with Gasteiger partial charge in [0.2, 0.25) is 0 Å². The van der Waals surface area contributed by atoms with Gasteiger partial charge < -0.3 is 24.3 Å². The Balaban J connectivity index is 1.75. The summed E-state index contributed by atoms with van der Waals surface area (Å²) in [5.74, 6) is -5.31. The predicted molar refractivity (Wildman–Crippen MR) is 135 cm³/mol. The predicted octanol–water partition coefficient (Wildman–Crippen LogP) is 5.62. The van der Waals surface area contributed by atoms with Crippen LogP contribution in [-0.4, -0.2) is 32.3 Å². The maximum absolute atomic E-state index is 14.0. The molecule has 0 amide bonds. The fraction of sp³-hybridized carbons (Fsp3) is 0.192. The van der Waals surface area contributed by atoms with E-state index in [-0.39, 0.29) is 22.7 Å². The van der Waals surface area contributed by atoms with E-state index in [4.69, 9.17) is 16.3 Å². The molecule has 0 aliphatic carbocycles. The first-order chi connectivity index (χ1) is 18.1. The van der Waals surface area contributed by atoms with Gasteiger partial charge in [-0.2, -0.15) is 0 Å². The van der Waals surface area contributed by atoms with Gasteiger partial charge in [0.15, 0.2) is 17.5 Å². The Morgan fingerprint density at radius 1 is 1.16 bits per heavy atom. The summed E-state index contributed by atoms with van der Waals surface area (Å²) in [6.07, 6.45) is 4.03. The van der Waals surface area contributed by atoms with Crippen LogP contribution in [0.1, 0.15) is 30.1 Å². The molecule has 0 aliphatic rings. The van der Waals surface area contributed by atoms with Gasteiger partial charge in [-0.05, 0) is 49.2 Å². The van der Waals surface area contributed by atoms with E-state index in [1.54, 1.807) is 29.1 Å². The molecule has 0 fully saturated rings. The number of halogens is 4. The molecule has 2 heterocycles. The molecule has 0 radical (unpaired) electrons. The summed E-state index contributed by atoms with van der Waals surface area (Å²) in [5.41, 5.74) is 1.22. The number of anilines is 2. The highest BCUT2D eigenvalue weighted by Gasteiger charge is 2.23. The molecule has 38 heavy (non-hydrogen) atoms. The zero-order valence-electron chi connectivity index (χ0n) is 20.2. The highest BCUT2D eigenvalue weighted by Crippen LogP contribution is 2.30. The van der Waals surface area contributed by atoms with Gasteiger partial charge in [-0.15, -0.1) is 0 Å². The molecule has 2 aromatic heterocycles. The maximum Gasteiger partial charge on any atom is 0.303 e. The third kappa shape index (κ3) is 5.67. The second-order valence-electron chi connectivity index (χ2n) is 8.47. The minimum absolute atomic E-state index is 0.00848. The summed E-state index contributed by atoms with van der Waals surface area (Å²) >= 11 is 6.28. The van der Waals surface area contributed by atoms with Gasteiger partial charge in [0.1, 0.15) is 11.4 Å². The quantitative estimate of drug-likeness (QED) is 0.264. The van der Waals surface area contributed by atoms with Crippen LogP contribution in [0.5, 0.6) is 5.75 Å². The van der Waals surface area contributed by atoms with E-state index in [0.29, 0.717) is 17.1 Å². The highest BCUT2D eigenvalue weighted by molar-refractivity contribution is 6.30. The van der Waals surface area contributed by atoms with Gasteiger partial charge in [0.05, 0.1) is 35.9 Å². The molecule has 2 N–H and O–H groups in total. The van der Waals surface area contributed by atoms with Crippen LogP contribution in [0.4, 0.5) is 24.5 Å². The molecule has 4 aromatic rings. The molecule has 2 aromatic carbocycles. The van der Waals surface area contributed by atoms with Gasteiger partial charge in [0, 0.05) is 30.6 Å². The Hall–Kier alpha value is -4.25. The monoisotopic (exact) mass is 546 g/mol. The van der Waals surface area contributed by atoms with Crippen LogP contribution in [0.2, 0.25) is 5.02 Å². The Bertz CT molecular complexity index is 1550. The lowest BCUT2D eigenvalue weighted by molar-refractivity contribution is -0.137. The standard InChI is InChI=1S/C26H22ClF3N4O4/c1-14-11-33(13-31-14)22-4-3-17(10-23(22)38-2)32-20-9-16(27)12-34(26(20)37)21(5-6-24(35)36)15-7-18(28)25(30)19(29)8-15/h3-4,7-13,21,32H,5-6H2,1-2H3,(H,35,36). The minimum atomic E-state index is -1.67. The van der Waals surface area contributed by atoms with Crippen molar-refractivity contribution in [2.45, 2.75) is 25.8 Å². The summed E-state index contributed by atoms with van der Waals surface area (Å²) in [4.78, 5) is 28.9. The lowest BCUT2D eigenvalue weighted by Gasteiger charge is -2.22. The number of carbonyl (C=O) groups is 1. The SMILES string of the molecule is COc1cc(Nc2cc(Cl)cn(C(CCC(=O)O)c3cc(F)c(F)c(F)c3)c2=O)ccc1-n1cnc(C)c1. The van der Waals surface area contributed by atoms with E-state index in [2.05, 4.69) is 10.3 Å². The topological polar surface area (TPSA) is 98.4 Å². The second-order valence-corrected chi connectivity index (χ2v) is 8.90. The number of rotatable bonds is 9. The van der Waals surface area contributed by atoms with Crippen LogP contribution in [0.25, 0.3) is 5.69 Å². The van der Waals surface area contributed by atoms with Crippen molar-refractivity contribution in [1.29, 1.82) is 0 Å². The van der Waals surface area contributed by atoms with E-state index in [0.717, 1.165) is 22.4 Å². The van der Waals surface area contributed by atoms with Crippen LogP contribution in [0, 0.1) is 24.4 Å². The van der Waals surface area contributed by atoms with E-state index in [9.17, 15) is 27.9 Å². The number of nitrogens with zero attached hydrogens (tertiary/aromatic N) is 3. The first-order valence-electron chi connectivity index (χ1n) is 11.3. The van der Waals surface area contributed by atoms with E-state index in [1.807, 2.05) is 13.1 Å². The van der Waals surface area contributed by atoms with Crippen LogP contribution in [-0.2, 0) is 4.79 Å². The molecule has 0 spiro atoms. The lowest BCUT2D eigenvalue weighted by Crippen LogP contribution is -2.27. The smallest absolute Gasteiger partial charge is 0.303 e. The van der Waals surface area contributed by atoms with Crippen molar-refractivity contribution in [3.8, 4) is 11.4 Å². The molecular formula is C26H22ClF3N4O4. The van der Waals surface area contributed by atoms with Crippen molar-refractivity contribution in [2.24, 2.45) is 0 Å². The van der Waals surface area contributed by atoms with Gasteiger partial charge in [-0.25, -0.2) is 18.2 Å². The van der Waals surface area contributed by atoms with Crippen molar-refractivity contribution < 1.29 is 27.8 Å². The number of aliphatic carboxylic acids is 1. The number of methoxy groups -OCH3 is 1. The number of ether oxygens (including phenoxy) is 1. The van der Waals surface area contributed by atoms with Crippen LogP contribution in [0.15, 0.2) is 59.9 Å². The normalized spacial score (nSPS) is 11.8. The fourth-order valence-electron chi connectivity index (χ4n) is 4.06. The van der Waals surface area contributed by atoms with Crippen molar-refractivity contribution in [3.05, 3.63) is 99.2 Å². The number of pyridine rings is 1. The molecule has 12 heteroatoms. The highest BCUT2D eigenvalue weighted by atomic mass is 35.5. The number of hydrogen-bond acceptors (Lipinski definition) is 5. The molecule has 198 valence electrons. The van der Waals surface area contributed by atoms with E-state index >= 15 is 0 Å².